The van der Waals surface area contributed by atoms with Crippen molar-refractivity contribution in [3.8, 4) is 11.3 Å². The molecule has 1 amide bonds. The summed E-state index contributed by atoms with van der Waals surface area (Å²) in [5.74, 6) is -0.103. The van der Waals surface area contributed by atoms with Crippen LogP contribution in [0.25, 0.3) is 11.3 Å². The van der Waals surface area contributed by atoms with Crippen molar-refractivity contribution in [2.45, 2.75) is 43.2 Å². The summed E-state index contributed by atoms with van der Waals surface area (Å²) < 4.78 is 36.4. The predicted octanol–water partition coefficient (Wildman–Crippen LogP) is 4.35. The average molecular weight is 510 g/mol. The summed E-state index contributed by atoms with van der Waals surface area (Å²) >= 11 is 0. The van der Waals surface area contributed by atoms with E-state index >= 15 is 0 Å². The molecule has 0 saturated carbocycles. The van der Waals surface area contributed by atoms with E-state index in [1.807, 2.05) is 17.2 Å². The van der Waals surface area contributed by atoms with Gasteiger partial charge in [0, 0.05) is 50.1 Å². The maximum Gasteiger partial charge on any atom is 0.222 e. The molecular weight excluding hydrogens is 477 g/mol. The first-order valence-electron chi connectivity index (χ1n) is 12.2. The lowest BCUT2D eigenvalue weighted by Gasteiger charge is -2.37. The van der Waals surface area contributed by atoms with E-state index in [4.69, 9.17) is 0 Å². The number of piperidine rings is 1. The molecule has 0 radical (unpaired) electrons. The highest BCUT2D eigenvalue weighted by Crippen LogP contribution is 2.22. The fraction of sp³-hybridized carbons (Fsp3) is 0.357. The lowest BCUT2D eigenvalue weighted by atomic mass is 10.0. The van der Waals surface area contributed by atoms with E-state index in [0.29, 0.717) is 23.8 Å². The van der Waals surface area contributed by atoms with Crippen molar-refractivity contribution in [2.75, 3.05) is 26.4 Å². The zero-order chi connectivity index (χ0) is 25.7. The maximum absolute atomic E-state index is 13.0. The molecule has 8 heteroatoms. The normalized spacial score (nSPS) is 14.8. The SMILES string of the molecule is CN(Cc1ccc(-c2ccc(S(C)(=O)=O)cc2)nc1)C1CCN(C(=O)CCc2ccc(F)cc2)CC1. The van der Waals surface area contributed by atoms with Gasteiger partial charge in [-0.15, -0.1) is 0 Å². The molecule has 1 aliphatic heterocycles. The lowest BCUT2D eigenvalue weighted by Crippen LogP contribution is -2.45. The standard InChI is InChI=1S/C28H32FN3O3S/c1-31(20-22-5-13-27(30-19-22)23-7-11-26(12-8-23)36(2,34)35)25-15-17-32(18-16-25)28(33)14-6-21-3-9-24(29)10-4-21/h3-5,7-13,19,25H,6,14-18,20H2,1-2H3. The first kappa shape index (κ1) is 26.0. The highest BCUT2D eigenvalue weighted by Gasteiger charge is 2.25. The van der Waals surface area contributed by atoms with Crippen molar-refractivity contribution < 1.29 is 17.6 Å². The molecule has 1 fully saturated rings. The highest BCUT2D eigenvalue weighted by atomic mass is 32.2. The van der Waals surface area contributed by atoms with Crippen molar-refractivity contribution in [3.63, 3.8) is 0 Å². The van der Waals surface area contributed by atoms with Gasteiger partial charge in [0.15, 0.2) is 9.84 Å². The molecule has 1 saturated heterocycles. The first-order valence-corrected chi connectivity index (χ1v) is 14.1. The summed E-state index contributed by atoms with van der Waals surface area (Å²) in [6.07, 6.45) is 5.99. The number of hydrogen-bond acceptors (Lipinski definition) is 5. The smallest absolute Gasteiger partial charge is 0.222 e. The van der Waals surface area contributed by atoms with Crippen LogP contribution in [0.2, 0.25) is 0 Å². The van der Waals surface area contributed by atoms with Gasteiger partial charge in [0.25, 0.3) is 0 Å². The van der Waals surface area contributed by atoms with Gasteiger partial charge in [0.05, 0.1) is 10.6 Å². The molecule has 0 atom stereocenters. The van der Waals surface area contributed by atoms with E-state index in [2.05, 4.69) is 23.0 Å². The van der Waals surface area contributed by atoms with Crippen LogP contribution >= 0.6 is 0 Å². The Labute approximate surface area is 212 Å². The van der Waals surface area contributed by atoms with Gasteiger partial charge in [-0.05, 0) is 67.8 Å². The van der Waals surface area contributed by atoms with Gasteiger partial charge in [-0.1, -0.05) is 30.3 Å². The molecule has 36 heavy (non-hydrogen) atoms. The molecule has 6 nitrogen and oxygen atoms in total. The number of carbonyl (C=O) groups excluding carboxylic acids is 1. The Kier molecular flexibility index (Phi) is 8.16. The number of aryl methyl sites for hydroxylation is 1. The Bertz CT molecular complexity index is 1270. The van der Waals surface area contributed by atoms with E-state index in [1.165, 1.54) is 18.4 Å². The summed E-state index contributed by atoms with van der Waals surface area (Å²) in [6, 6.07) is 17.5. The number of amides is 1. The fourth-order valence-corrected chi connectivity index (χ4v) is 5.23. The average Bonchev–Trinajstić information content (AvgIpc) is 2.88. The van der Waals surface area contributed by atoms with Crippen LogP contribution in [0.1, 0.15) is 30.4 Å². The summed E-state index contributed by atoms with van der Waals surface area (Å²) in [7, 11) is -1.11. The Morgan fingerprint density at radius 1 is 1.00 bits per heavy atom. The van der Waals surface area contributed by atoms with Crippen molar-refractivity contribution >= 4 is 15.7 Å². The van der Waals surface area contributed by atoms with Gasteiger partial charge in [-0.25, -0.2) is 12.8 Å². The number of rotatable bonds is 8. The summed E-state index contributed by atoms with van der Waals surface area (Å²) in [5, 5.41) is 0. The van der Waals surface area contributed by atoms with E-state index in [9.17, 15) is 17.6 Å². The van der Waals surface area contributed by atoms with Gasteiger partial charge >= 0.3 is 0 Å². The quantitative estimate of drug-likeness (QED) is 0.452. The van der Waals surface area contributed by atoms with Crippen LogP contribution in [0.4, 0.5) is 4.39 Å². The topological polar surface area (TPSA) is 70.6 Å². The van der Waals surface area contributed by atoms with Gasteiger partial charge < -0.3 is 4.90 Å². The third-order valence-electron chi connectivity index (χ3n) is 6.82. The molecule has 0 bridgehead atoms. The number of hydrogen-bond donors (Lipinski definition) is 0. The molecule has 4 rings (SSSR count). The third kappa shape index (κ3) is 6.77. The summed E-state index contributed by atoms with van der Waals surface area (Å²) in [5.41, 5.74) is 3.75. The molecule has 1 aliphatic rings. The van der Waals surface area contributed by atoms with E-state index in [0.717, 1.165) is 54.9 Å². The number of carbonyl (C=O) groups is 1. The molecule has 0 N–H and O–H groups in total. The van der Waals surface area contributed by atoms with Gasteiger partial charge in [-0.2, -0.15) is 0 Å². The Hall–Kier alpha value is -3.10. The minimum atomic E-state index is -3.22. The monoisotopic (exact) mass is 509 g/mol. The molecule has 2 aromatic carbocycles. The lowest BCUT2D eigenvalue weighted by molar-refractivity contribution is -0.132. The molecule has 2 heterocycles. The van der Waals surface area contributed by atoms with Crippen molar-refractivity contribution in [2.24, 2.45) is 0 Å². The Balaban J connectivity index is 1.25. The number of pyridine rings is 1. The van der Waals surface area contributed by atoms with Crippen LogP contribution in [-0.2, 0) is 27.6 Å². The fourth-order valence-electron chi connectivity index (χ4n) is 4.60. The zero-order valence-electron chi connectivity index (χ0n) is 20.7. The molecule has 0 aliphatic carbocycles. The molecule has 3 aromatic rings. The molecule has 0 spiro atoms. The van der Waals surface area contributed by atoms with E-state index < -0.39 is 9.84 Å². The number of nitrogens with zero attached hydrogens (tertiary/aromatic N) is 3. The van der Waals surface area contributed by atoms with E-state index in [-0.39, 0.29) is 11.7 Å². The maximum atomic E-state index is 13.0. The van der Waals surface area contributed by atoms with Crippen molar-refractivity contribution in [1.29, 1.82) is 0 Å². The summed E-state index contributed by atoms with van der Waals surface area (Å²) in [4.78, 5) is 21.8. The van der Waals surface area contributed by atoms with Gasteiger partial charge in [-0.3, -0.25) is 14.7 Å². The second-order valence-electron chi connectivity index (χ2n) is 9.50. The first-order chi connectivity index (χ1) is 17.2. The minimum absolute atomic E-state index is 0.157. The Morgan fingerprint density at radius 2 is 1.64 bits per heavy atom. The molecular formula is C28H32FN3O3S. The zero-order valence-corrected chi connectivity index (χ0v) is 21.5. The van der Waals surface area contributed by atoms with Crippen LogP contribution < -0.4 is 0 Å². The number of benzene rings is 2. The van der Waals surface area contributed by atoms with Crippen LogP contribution in [-0.4, -0.2) is 61.5 Å². The van der Waals surface area contributed by atoms with Crippen LogP contribution in [0.15, 0.2) is 71.8 Å². The molecule has 1 aromatic heterocycles. The van der Waals surface area contributed by atoms with Crippen LogP contribution in [0, 0.1) is 5.82 Å². The Morgan fingerprint density at radius 3 is 2.22 bits per heavy atom. The van der Waals surface area contributed by atoms with Gasteiger partial charge in [0.1, 0.15) is 5.82 Å². The van der Waals surface area contributed by atoms with Crippen molar-refractivity contribution in [1.82, 2.24) is 14.8 Å². The molecule has 190 valence electrons. The second kappa shape index (κ2) is 11.3. The minimum Gasteiger partial charge on any atom is -0.343 e. The van der Waals surface area contributed by atoms with E-state index in [1.54, 1.807) is 36.4 Å². The highest BCUT2D eigenvalue weighted by molar-refractivity contribution is 7.90. The van der Waals surface area contributed by atoms with Crippen LogP contribution in [0.3, 0.4) is 0 Å². The number of aromatic nitrogens is 1. The van der Waals surface area contributed by atoms with Gasteiger partial charge in [0.2, 0.25) is 5.91 Å². The van der Waals surface area contributed by atoms with Crippen LogP contribution in [0.5, 0.6) is 0 Å². The molecule has 0 unspecified atom stereocenters. The summed E-state index contributed by atoms with van der Waals surface area (Å²) in [6.45, 7) is 2.26. The predicted molar refractivity (Wildman–Crippen MR) is 139 cm³/mol. The number of sulfone groups is 1. The van der Waals surface area contributed by atoms with Crippen molar-refractivity contribution in [3.05, 3.63) is 83.8 Å². The number of likely N-dealkylation sites (tertiary alicyclic amines) is 1. The second-order valence-corrected chi connectivity index (χ2v) is 11.5. The largest absolute Gasteiger partial charge is 0.343 e. The number of halogens is 1. The third-order valence-corrected chi connectivity index (χ3v) is 7.94.